The van der Waals surface area contributed by atoms with Crippen molar-refractivity contribution < 1.29 is 9.90 Å². The van der Waals surface area contributed by atoms with E-state index in [0.717, 1.165) is 16.8 Å². The van der Waals surface area contributed by atoms with Gasteiger partial charge in [0, 0.05) is 22.5 Å². The molecule has 0 aliphatic heterocycles. The molecule has 1 aromatic heterocycles. The van der Waals surface area contributed by atoms with Crippen molar-refractivity contribution in [2.75, 3.05) is 5.32 Å². The number of amides is 1. The Morgan fingerprint density at radius 2 is 2.00 bits per heavy atom. The van der Waals surface area contributed by atoms with Crippen LogP contribution in [-0.2, 0) is 11.3 Å². The molecule has 0 saturated heterocycles. The number of hydrogen-bond donors (Lipinski definition) is 3. The number of carbonyl (C=O) groups is 1. The van der Waals surface area contributed by atoms with Crippen LogP contribution in [0.2, 0.25) is 5.02 Å². The largest absolute Gasteiger partial charge is 0.391 e. The number of halogens is 1. The summed E-state index contributed by atoms with van der Waals surface area (Å²) in [6.45, 7) is 3.94. The van der Waals surface area contributed by atoms with Crippen molar-refractivity contribution in [3.63, 3.8) is 0 Å². The molecule has 146 valence electrons. The van der Waals surface area contributed by atoms with Gasteiger partial charge in [-0.25, -0.2) is 4.98 Å². The number of anilines is 1. The summed E-state index contributed by atoms with van der Waals surface area (Å²) in [5.41, 5.74) is 3.91. The van der Waals surface area contributed by atoms with Crippen LogP contribution in [-0.4, -0.2) is 28.1 Å². The highest BCUT2D eigenvalue weighted by Gasteiger charge is 2.24. The molecule has 2 aromatic carbocycles. The Morgan fingerprint density at radius 1 is 1.25 bits per heavy atom. The first-order valence-electron chi connectivity index (χ1n) is 8.91. The summed E-state index contributed by atoms with van der Waals surface area (Å²) in [5, 5.41) is 19.1. The lowest BCUT2D eigenvalue weighted by Crippen LogP contribution is -2.45. The van der Waals surface area contributed by atoms with Crippen molar-refractivity contribution in [2.24, 2.45) is 0 Å². The molecule has 3 aromatic rings. The molecular formula is C21H22ClN3O2S. The van der Waals surface area contributed by atoms with Crippen molar-refractivity contribution >= 4 is 34.0 Å². The van der Waals surface area contributed by atoms with Crippen LogP contribution >= 0.6 is 22.9 Å². The lowest BCUT2D eigenvalue weighted by molar-refractivity contribution is -0.123. The maximum atomic E-state index is 12.6. The number of thiazole rings is 1. The second kappa shape index (κ2) is 9.19. The third-order valence-corrected chi connectivity index (χ3v) is 5.26. The van der Waals surface area contributed by atoms with Gasteiger partial charge in [-0.2, -0.15) is 0 Å². The van der Waals surface area contributed by atoms with Crippen LogP contribution in [0.3, 0.4) is 0 Å². The van der Waals surface area contributed by atoms with E-state index in [1.165, 1.54) is 16.9 Å². The smallest absolute Gasteiger partial charge is 0.245 e. The van der Waals surface area contributed by atoms with Gasteiger partial charge in [-0.15, -0.1) is 11.3 Å². The standard InChI is InChI=1S/C21H22ClN3O2S/c1-13-6-8-16(9-7-13)18-12-28-21(24-18)25-19(14(2)26)20(27)23-11-15-4-3-5-17(22)10-15/h3-10,12,14,19,26H,11H2,1-2H3,(H,23,27)(H,24,25)/t14-,19+/m1/s1. The molecule has 0 fully saturated rings. The number of aliphatic hydroxyl groups excluding tert-OH is 1. The zero-order valence-corrected chi connectivity index (χ0v) is 17.2. The van der Waals surface area contributed by atoms with Gasteiger partial charge in [-0.05, 0) is 31.5 Å². The Kier molecular flexibility index (Phi) is 6.67. The van der Waals surface area contributed by atoms with Gasteiger partial charge in [-0.3, -0.25) is 4.79 Å². The molecule has 7 heteroatoms. The summed E-state index contributed by atoms with van der Waals surface area (Å²) in [7, 11) is 0. The van der Waals surface area contributed by atoms with E-state index < -0.39 is 12.1 Å². The third-order valence-electron chi connectivity index (χ3n) is 4.25. The van der Waals surface area contributed by atoms with E-state index in [1.54, 1.807) is 19.1 Å². The molecule has 2 atom stereocenters. The Bertz CT molecular complexity index is 941. The molecule has 28 heavy (non-hydrogen) atoms. The van der Waals surface area contributed by atoms with Gasteiger partial charge >= 0.3 is 0 Å². The van der Waals surface area contributed by atoms with Gasteiger partial charge in [0.2, 0.25) is 5.91 Å². The molecule has 0 aliphatic carbocycles. The second-order valence-corrected chi connectivity index (χ2v) is 7.91. The lowest BCUT2D eigenvalue weighted by Gasteiger charge is -2.20. The Labute approximate surface area is 173 Å². The number of aliphatic hydroxyl groups is 1. The fourth-order valence-corrected chi connectivity index (χ4v) is 3.65. The van der Waals surface area contributed by atoms with Crippen molar-refractivity contribution in [3.8, 4) is 11.3 Å². The van der Waals surface area contributed by atoms with Crippen molar-refractivity contribution in [3.05, 3.63) is 70.1 Å². The number of nitrogens with zero attached hydrogens (tertiary/aromatic N) is 1. The lowest BCUT2D eigenvalue weighted by atomic mass is 10.1. The van der Waals surface area contributed by atoms with Crippen molar-refractivity contribution in [1.29, 1.82) is 0 Å². The molecule has 0 aliphatic rings. The average molecular weight is 416 g/mol. The fourth-order valence-electron chi connectivity index (χ4n) is 2.68. The van der Waals surface area contributed by atoms with Crippen LogP contribution in [0.1, 0.15) is 18.1 Å². The molecule has 3 N–H and O–H groups in total. The van der Waals surface area contributed by atoms with Gasteiger partial charge in [0.15, 0.2) is 5.13 Å². The van der Waals surface area contributed by atoms with E-state index in [1.807, 2.05) is 48.7 Å². The predicted molar refractivity (Wildman–Crippen MR) is 115 cm³/mol. The highest BCUT2D eigenvalue weighted by Crippen LogP contribution is 2.26. The van der Waals surface area contributed by atoms with Crippen molar-refractivity contribution in [2.45, 2.75) is 32.5 Å². The number of aryl methyl sites for hydroxylation is 1. The van der Waals surface area contributed by atoms with E-state index >= 15 is 0 Å². The van der Waals surface area contributed by atoms with Crippen LogP contribution in [0.4, 0.5) is 5.13 Å². The minimum atomic E-state index is -0.883. The molecular weight excluding hydrogens is 394 g/mol. The maximum Gasteiger partial charge on any atom is 0.245 e. The van der Waals surface area contributed by atoms with Crippen LogP contribution in [0.15, 0.2) is 53.9 Å². The summed E-state index contributed by atoms with van der Waals surface area (Å²) in [6.07, 6.45) is -0.883. The summed E-state index contributed by atoms with van der Waals surface area (Å²) < 4.78 is 0. The number of rotatable bonds is 7. The molecule has 0 saturated carbocycles. The Morgan fingerprint density at radius 3 is 2.68 bits per heavy atom. The predicted octanol–water partition coefficient (Wildman–Crippen LogP) is 4.25. The molecule has 0 bridgehead atoms. The summed E-state index contributed by atoms with van der Waals surface area (Å²) in [6, 6.07) is 14.6. The van der Waals surface area contributed by atoms with Crippen LogP contribution in [0.25, 0.3) is 11.3 Å². The maximum absolute atomic E-state index is 12.6. The molecule has 0 spiro atoms. The molecule has 1 amide bonds. The Hall–Kier alpha value is -2.41. The Balaban J connectivity index is 1.65. The number of hydrogen-bond acceptors (Lipinski definition) is 5. The van der Waals surface area contributed by atoms with E-state index in [4.69, 9.17) is 11.6 Å². The van der Waals surface area contributed by atoms with E-state index in [-0.39, 0.29) is 5.91 Å². The molecule has 0 unspecified atom stereocenters. The number of nitrogens with one attached hydrogen (secondary N) is 2. The average Bonchev–Trinajstić information content (AvgIpc) is 3.13. The molecule has 3 rings (SSSR count). The van der Waals surface area contributed by atoms with Gasteiger partial charge in [-0.1, -0.05) is 53.6 Å². The minimum absolute atomic E-state index is 0.304. The first-order valence-corrected chi connectivity index (χ1v) is 10.2. The highest BCUT2D eigenvalue weighted by atomic mass is 35.5. The molecule has 1 heterocycles. The fraction of sp³-hybridized carbons (Fsp3) is 0.238. The van der Waals surface area contributed by atoms with Gasteiger partial charge in [0.1, 0.15) is 6.04 Å². The highest BCUT2D eigenvalue weighted by molar-refractivity contribution is 7.14. The third kappa shape index (κ3) is 5.32. The normalized spacial score (nSPS) is 13.0. The first kappa shape index (κ1) is 20.3. The van der Waals surface area contributed by atoms with Crippen molar-refractivity contribution in [1.82, 2.24) is 10.3 Å². The topological polar surface area (TPSA) is 74.2 Å². The monoisotopic (exact) mass is 415 g/mol. The van der Waals surface area contributed by atoms with Crippen LogP contribution in [0.5, 0.6) is 0 Å². The molecule has 0 radical (unpaired) electrons. The quantitative estimate of drug-likeness (QED) is 0.539. The van der Waals surface area contributed by atoms with Gasteiger partial charge in [0.05, 0.1) is 11.8 Å². The summed E-state index contributed by atoms with van der Waals surface area (Å²) in [4.78, 5) is 17.1. The van der Waals surface area contributed by atoms with E-state index in [0.29, 0.717) is 16.7 Å². The number of aromatic nitrogens is 1. The van der Waals surface area contributed by atoms with Crippen LogP contribution < -0.4 is 10.6 Å². The molecule has 5 nitrogen and oxygen atoms in total. The van der Waals surface area contributed by atoms with Crippen LogP contribution in [0, 0.1) is 6.92 Å². The van der Waals surface area contributed by atoms with E-state index in [9.17, 15) is 9.90 Å². The number of benzene rings is 2. The second-order valence-electron chi connectivity index (χ2n) is 6.61. The van der Waals surface area contributed by atoms with Gasteiger partial charge in [0.25, 0.3) is 0 Å². The number of carbonyl (C=O) groups excluding carboxylic acids is 1. The van der Waals surface area contributed by atoms with E-state index in [2.05, 4.69) is 15.6 Å². The zero-order chi connectivity index (χ0) is 20.1. The van der Waals surface area contributed by atoms with Gasteiger partial charge < -0.3 is 15.7 Å². The zero-order valence-electron chi connectivity index (χ0n) is 15.6. The summed E-state index contributed by atoms with van der Waals surface area (Å²) >= 11 is 7.37. The minimum Gasteiger partial charge on any atom is -0.391 e. The summed E-state index contributed by atoms with van der Waals surface area (Å²) in [5.74, 6) is -0.304. The SMILES string of the molecule is Cc1ccc(-c2csc(N[C@H](C(=O)NCc3cccc(Cl)c3)[C@@H](C)O)n2)cc1. The first-order chi connectivity index (χ1) is 13.4.